The summed E-state index contributed by atoms with van der Waals surface area (Å²) >= 11 is 0. The summed E-state index contributed by atoms with van der Waals surface area (Å²) in [5.74, 6) is 0.0995. The van der Waals surface area contributed by atoms with E-state index in [4.69, 9.17) is 9.26 Å². The highest BCUT2D eigenvalue weighted by molar-refractivity contribution is 7.89. The van der Waals surface area contributed by atoms with Crippen LogP contribution in [0.5, 0.6) is 0 Å². The zero-order chi connectivity index (χ0) is 22.0. The van der Waals surface area contributed by atoms with Gasteiger partial charge in [-0.05, 0) is 44.9 Å². The zero-order valence-electron chi connectivity index (χ0n) is 17.9. The number of carbonyl (C=O) groups excluding carboxylic acids is 1. The zero-order valence-corrected chi connectivity index (χ0v) is 18.7. The molecule has 1 N–H and O–H groups in total. The number of rotatable bonds is 5. The van der Waals surface area contributed by atoms with Gasteiger partial charge in [0.2, 0.25) is 10.0 Å². The standard InChI is InChI=1S/C21H28N4O5S/c1-15-20(16(2)30-23-15)22-21(26)18-14-17(31(27,28)25-8-4-3-5-9-25)6-7-19(18)24-10-12-29-13-11-24/h6-7,14H,3-5,8-13H2,1-2H3,(H,22,26). The van der Waals surface area contributed by atoms with E-state index in [0.29, 0.717) is 67.8 Å². The average Bonchev–Trinajstić information content (AvgIpc) is 3.12. The van der Waals surface area contributed by atoms with E-state index in [1.165, 1.54) is 10.4 Å². The van der Waals surface area contributed by atoms with E-state index in [0.717, 1.165) is 19.3 Å². The van der Waals surface area contributed by atoms with Crippen molar-refractivity contribution in [3.8, 4) is 0 Å². The van der Waals surface area contributed by atoms with Gasteiger partial charge in [-0.1, -0.05) is 11.6 Å². The van der Waals surface area contributed by atoms with E-state index in [-0.39, 0.29) is 4.90 Å². The van der Waals surface area contributed by atoms with Crippen LogP contribution in [-0.4, -0.2) is 63.2 Å². The fourth-order valence-corrected chi connectivity index (χ4v) is 5.58. The van der Waals surface area contributed by atoms with Crippen LogP contribution in [0, 0.1) is 13.8 Å². The van der Waals surface area contributed by atoms with Crippen LogP contribution in [0.1, 0.15) is 41.1 Å². The number of benzene rings is 1. The van der Waals surface area contributed by atoms with Crippen LogP contribution in [0.25, 0.3) is 0 Å². The second kappa shape index (κ2) is 8.97. The highest BCUT2D eigenvalue weighted by Crippen LogP contribution is 2.29. The molecule has 2 fully saturated rings. The smallest absolute Gasteiger partial charge is 0.257 e. The minimum Gasteiger partial charge on any atom is -0.378 e. The van der Waals surface area contributed by atoms with Crippen molar-refractivity contribution >= 4 is 27.3 Å². The average molecular weight is 449 g/mol. The normalized spacial score (nSPS) is 18.2. The third-order valence-corrected chi connectivity index (χ3v) is 7.68. The first-order valence-electron chi connectivity index (χ1n) is 10.6. The Balaban J connectivity index is 1.72. The molecule has 0 aliphatic carbocycles. The van der Waals surface area contributed by atoms with Gasteiger partial charge >= 0.3 is 0 Å². The van der Waals surface area contributed by atoms with Gasteiger partial charge in [0, 0.05) is 31.9 Å². The van der Waals surface area contributed by atoms with Gasteiger partial charge in [0.15, 0.2) is 5.76 Å². The van der Waals surface area contributed by atoms with Crippen molar-refractivity contribution in [2.24, 2.45) is 0 Å². The second-order valence-corrected chi connectivity index (χ2v) is 9.83. The first-order chi connectivity index (χ1) is 14.9. The van der Waals surface area contributed by atoms with Crippen molar-refractivity contribution in [2.75, 3.05) is 49.6 Å². The lowest BCUT2D eigenvalue weighted by Gasteiger charge is -2.31. The van der Waals surface area contributed by atoms with Crippen molar-refractivity contribution in [3.05, 3.63) is 35.2 Å². The molecule has 0 radical (unpaired) electrons. The SMILES string of the molecule is Cc1noc(C)c1NC(=O)c1cc(S(=O)(=O)N2CCCCC2)ccc1N1CCOCC1. The molecule has 4 rings (SSSR count). The number of morpholine rings is 1. The van der Waals surface area contributed by atoms with Gasteiger partial charge in [0.05, 0.1) is 23.7 Å². The number of nitrogens with one attached hydrogen (secondary N) is 1. The molecule has 0 saturated carbocycles. The Labute approximate surface area is 182 Å². The van der Waals surface area contributed by atoms with Crippen LogP contribution < -0.4 is 10.2 Å². The van der Waals surface area contributed by atoms with Crippen LogP contribution in [0.3, 0.4) is 0 Å². The van der Waals surface area contributed by atoms with Gasteiger partial charge in [0.1, 0.15) is 11.4 Å². The van der Waals surface area contributed by atoms with E-state index < -0.39 is 15.9 Å². The Bertz CT molecular complexity index is 1030. The lowest BCUT2D eigenvalue weighted by atomic mass is 10.1. The van der Waals surface area contributed by atoms with Crippen LogP contribution in [-0.2, 0) is 14.8 Å². The molecule has 1 aromatic heterocycles. The number of amides is 1. The fraction of sp³-hybridized carbons (Fsp3) is 0.524. The summed E-state index contributed by atoms with van der Waals surface area (Å²) in [6.45, 7) is 6.84. The third kappa shape index (κ3) is 4.46. The molecule has 0 spiro atoms. The van der Waals surface area contributed by atoms with Gasteiger partial charge in [0.25, 0.3) is 5.91 Å². The number of piperidine rings is 1. The molecule has 2 aliphatic rings. The predicted octanol–water partition coefficient (Wildman–Crippen LogP) is 2.55. The summed E-state index contributed by atoms with van der Waals surface area (Å²) < 4.78 is 38.5. The van der Waals surface area contributed by atoms with Crippen LogP contribution >= 0.6 is 0 Å². The van der Waals surface area contributed by atoms with Crippen molar-refractivity contribution in [1.29, 1.82) is 0 Å². The number of carbonyl (C=O) groups is 1. The minimum atomic E-state index is -3.66. The highest BCUT2D eigenvalue weighted by Gasteiger charge is 2.29. The number of sulfonamides is 1. The number of ether oxygens (including phenoxy) is 1. The summed E-state index contributed by atoms with van der Waals surface area (Å²) in [7, 11) is -3.66. The molecule has 2 aliphatic heterocycles. The Kier molecular flexibility index (Phi) is 6.31. The summed E-state index contributed by atoms with van der Waals surface area (Å²) in [4.78, 5) is 15.5. The number of anilines is 2. The molecule has 1 aromatic carbocycles. The van der Waals surface area contributed by atoms with Crippen LogP contribution in [0.4, 0.5) is 11.4 Å². The van der Waals surface area contributed by atoms with Gasteiger partial charge in [-0.3, -0.25) is 4.79 Å². The largest absolute Gasteiger partial charge is 0.378 e. The van der Waals surface area contributed by atoms with E-state index in [1.54, 1.807) is 26.0 Å². The Morgan fingerprint density at radius 2 is 1.77 bits per heavy atom. The summed E-state index contributed by atoms with van der Waals surface area (Å²) in [6.07, 6.45) is 2.74. The Morgan fingerprint density at radius 3 is 2.42 bits per heavy atom. The third-order valence-electron chi connectivity index (χ3n) is 5.79. The van der Waals surface area contributed by atoms with Crippen molar-refractivity contribution in [2.45, 2.75) is 38.0 Å². The van der Waals surface area contributed by atoms with E-state index in [9.17, 15) is 13.2 Å². The van der Waals surface area contributed by atoms with E-state index >= 15 is 0 Å². The molecular formula is C21H28N4O5S. The van der Waals surface area contributed by atoms with Crippen molar-refractivity contribution in [1.82, 2.24) is 9.46 Å². The van der Waals surface area contributed by atoms with Crippen molar-refractivity contribution < 1.29 is 22.5 Å². The molecule has 2 aromatic rings. The molecule has 2 saturated heterocycles. The molecule has 10 heteroatoms. The topological polar surface area (TPSA) is 105 Å². The lowest BCUT2D eigenvalue weighted by Crippen LogP contribution is -2.38. The van der Waals surface area contributed by atoms with Crippen LogP contribution in [0.2, 0.25) is 0 Å². The minimum absolute atomic E-state index is 0.135. The molecule has 0 atom stereocenters. The maximum Gasteiger partial charge on any atom is 0.257 e. The summed E-state index contributed by atoms with van der Waals surface area (Å²) in [5, 5.41) is 6.72. The van der Waals surface area contributed by atoms with Gasteiger partial charge in [-0.2, -0.15) is 4.31 Å². The van der Waals surface area contributed by atoms with Gasteiger partial charge < -0.3 is 19.5 Å². The Morgan fingerprint density at radius 1 is 1.06 bits per heavy atom. The van der Waals surface area contributed by atoms with Crippen LogP contribution in [0.15, 0.2) is 27.6 Å². The molecule has 31 heavy (non-hydrogen) atoms. The molecular weight excluding hydrogens is 420 g/mol. The molecule has 168 valence electrons. The monoisotopic (exact) mass is 448 g/mol. The number of hydrogen-bond acceptors (Lipinski definition) is 7. The number of aryl methyl sites for hydroxylation is 2. The molecule has 1 amide bonds. The predicted molar refractivity (Wildman–Crippen MR) is 116 cm³/mol. The maximum atomic E-state index is 13.3. The van der Waals surface area contributed by atoms with Crippen molar-refractivity contribution in [3.63, 3.8) is 0 Å². The highest BCUT2D eigenvalue weighted by atomic mass is 32.2. The first kappa shape index (κ1) is 21.8. The second-order valence-electron chi connectivity index (χ2n) is 7.90. The summed E-state index contributed by atoms with van der Waals surface area (Å²) in [6, 6.07) is 4.81. The van der Waals surface area contributed by atoms with E-state index in [1.807, 2.05) is 4.90 Å². The van der Waals surface area contributed by atoms with E-state index in [2.05, 4.69) is 10.5 Å². The molecule has 9 nitrogen and oxygen atoms in total. The van der Waals surface area contributed by atoms with Gasteiger partial charge in [-0.15, -0.1) is 0 Å². The van der Waals surface area contributed by atoms with Gasteiger partial charge in [-0.25, -0.2) is 8.42 Å². The lowest BCUT2D eigenvalue weighted by molar-refractivity contribution is 0.102. The molecule has 0 bridgehead atoms. The molecule has 0 unspecified atom stereocenters. The number of nitrogens with zero attached hydrogens (tertiary/aromatic N) is 3. The maximum absolute atomic E-state index is 13.3. The molecule has 3 heterocycles. The number of aromatic nitrogens is 1. The number of hydrogen-bond donors (Lipinski definition) is 1. The Hall–Kier alpha value is -2.43. The quantitative estimate of drug-likeness (QED) is 0.749. The summed E-state index contributed by atoms with van der Waals surface area (Å²) in [5.41, 5.74) is 2.06. The fourth-order valence-electron chi connectivity index (χ4n) is 4.03. The first-order valence-corrected chi connectivity index (χ1v) is 12.0.